The van der Waals surface area contributed by atoms with Crippen LogP contribution >= 0.6 is 0 Å². The van der Waals surface area contributed by atoms with Crippen LogP contribution in [0.15, 0.2) is 58.1 Å². The predicted octanol–water partition coefficient (Wildman–Crippen LogP) is 5.71. The van der Waals surface area contributed by atoms with Gasteiger partial charge in [0.15, 0.2) is 10.9 Å². The number of hydrogen-bond acceptors (Lipinski definition) is 2. The van der Waals surface area contributed by atoms with Gasteiger partial charge in [-0.25, -0.2) is 0 Å². The highest BCUT2D eigenvalue weighted by Crippen LogP contribution is 2.32. The molecule has 2 aromatic heterocycles. The molecule has 0 aliphatic carbocycles. The molecule has 0 spiro atoms. The Morgan fingerprint density at radius 3 is 1.19 bits per heavy atom. The lowest BCUT2D eigenvalue weighted by Gasteiger charge is -2.10. The van der Waals surface area contributed by atoms with Crippen molar-refractivity contribution < 1.29 is 26.3 Å². The van der Waals surface area contributed by atoms with Crippen molar-refractivity contribution in [3.63, 3.8) is 0 Å². The average molecular weight is 448 g/mol. The molecule has 2 N–H and O–H groups in total. The highest BCUT2D eigenvalue weighted by Gasteiger charge is 2.31. The fourth-order valence-corrected chi connectivity index (χ4v) is 3.80. The Morgan fingerprint density at radius 1 is 0.500 bits per heavy atom. The van der Waals surface area contributed by atoms with Gasteiger partial charge in [0.25, 0.3) is 0 Å². The lowest BCUT2D eigenvalue weighted by Crippen LogP contribution is -2.11. The van der Waals surface area contributed by atoms with Crippen LogP contribution in [0.25, 0.3) is 43.6 Å². The lowest BCUT2D eigenvalue weighted by atomic mass is 10.0. The molecule has 0 saturated heterocycles. The molecule has 0 radical (unpaired) electrons. The van der Waals surface area contributed by atoms with Crippen molar-refractivity contribution in [1.82, 2.24) is 9.97 Å². The van der Waals surface area contributed by atoms with Crippen molar-refractivity contribution in [3.8, 4) is 0 Å². The first-order valence-electron chi connectivity index (χ1n) is 9.17. The van der Waals surface area contributed by atoms with Gasteiger partial charge >= 0.3 is 12.4 Å². The molecular formula is C22H10F6N2O2. The molecule has 5 rings (SSSR count). The van der Waals surface area contributed by atoms with Gasteiger partial charge in [0.05, 0.1) is 22.2 Å². The van der Waals surface area contributed by atoms with Gasteiger partial charge in [-0.05, 0) is 48.5 Å². The average Bonchev–Trinajstić information content (AvgIpc) is 2.71. The van der Waals surface area contributed by atoms with Gasteiger partial charge in [-0.2, -0.15) is 26.3 Å². The zero-order chi connectivity index (χ0) is 23.0. The summed E-state index contributed by atoms with van der Waals surface area (Å²) in [6.07, 6.45) is -9.25. The molecular weight excluding hydrogens is 438 g/mol. The molecule has 0 fully saturated rings. The molecule has 10 heteroatoms. The van der Waals surface area contributed by atoms with E-state index in [-0.39, 0.29) is 43.6 Å². The van der Waals surface area contributed by atoms with Crippen LogP contribution in [0.5, 0.6) is 0 Å². The Bertz CT molecular complexity index is 1570. The number of pyridine rings is 2. The van der Waals surface area contributed by atoms with Gasteiger partial charge in [-0.3, -0.25) is 9.59 Å². The summed E-state index contributed by atoms with van der Waals surface area (Å²) in [6.45, 7) is 0. The summed E-state index contributed by atoms with van der Waals surface area (Å²) in [6, 6.07) is 7.99. The Morgan fingerprint density at radius 2 is 0.844 bits per heavy atom. The number of fused-ring (bicyclic) bond motifs is 4. The molecule has 0 bridgehead atoms. The normalized spacial score (nSPS) is 12.9. The number of hydrogen-bond donors (Lipinski definition) is 2. The van der Waals surface area contributed by atoms with Gasteiger partial charge in [-0.15, -0.1) is 0 Å². The van der Waals surface area contributed by atoms with E-state index in [2.05, 4.69) is 9.97 Å². The van der Waals surface area contributed by atoms with Crippen molar-refractivity contribution in [2.45, 2.75) is 12.4 Å². The maximum Gasteiger partial charge on any atom is 0.416 e. The first-order chi connectivity index (χ1) is 14.9. The summed E-state index contributed by atoms with van der Waals surface area (Å²) >= 11 is 0. The van der Waals surface area contributed by atoms with E-state index in [1.165, 1.54) is 12.1 Å². The number of alkyl halides is 6. The Labute approximate surface area is 173 Å². The van der Waals surface area contributed by atoms with Crippen LogP contribution in [-0.2, 0) is 12.4 Å². The molecule has 0 aliphatic rings. The van der Waals surface area contributed by atoms with E-state index in [1.807, 2.05) is 0 Å². The van der Waals surface area contributed by atoms with Crippen molar-refractivity contribution in [3.05, 3.63) is 80.1 Å². The SMILES string of the molecule is O=c1c2cc(C(F)(F)F)ccc2[nH]c2cc3c(=O)c4cc(C(F)(F)F)ccc4[nH]c3cc12. The summed E-state index contributed by atoms with van der Waals surface area (Å²) in [7, 11) is 0. The van der Waals surface area contributed by atoms with E-state index in [4.69, 9.17) is 0 Å². The van der Waals surface area contributed by atoms with Crippen molar-refractivity contribution >= 4 is 43.6 Å². The molecule has 4 nitrogen and oxygen atoms in total. The number of aromatic amines is 2. The monoisotopic (exact) mass is 448 g/mol. The highest BCUT2D eigenvalue weighted by molar-refractivity contribution is 6.02. The van der Waals surface area contributed by atoms with E-state index in [0.717, 1.165) is 36.4 Å². The smallest absolute Gasteiger partial charge is 0.354 e. The maximum absolute atomic E-state index is 13.0. The fraction of sp³-hybridized carbons (Fsp3) is 0.0909. The Balaban J connectivity index is 1.85. The maximum atomic E-state index is 13.0. The minimum Gasteiger partial charge on any atom is -0.354 e. The van der Waals surface area contributed by atoms with Crippen LogP contribution in [0, 0.1) is 0 Å². The van der Waals surface area contributed by atoms with E-state index < -0.39 is 34.3 Å². The third-order valence-corrected chi connectivity index (χ3v) is 5.37. The summed E-state index contributed by atoms with van der Waals surface area (Å²) in [4.78, 5) is 31.5. The van der Waals surface area contributed by atoms with Crippen LogP contribution in [0.4, 0.5) is 26.3 Å². The zero-order valence-corrected chi connectivity index (χ0v) is 15.7. The minimum atomic E-state index is -4.63. The summed E-state index contributed by atoms with van der Waals surface area (Å²) in [5, 5.41) is -0.285. The van der Waals surface area contributed by atoms with Gasteiger partial charge in [-0.1, -0.05) is 0 Å². The van der Waals surface area contributed by atoms with Crippen molar-refractivity contribution in [2.24, 2.45) is 0 Å². The molecule has 0 unspecified atom stereocenters. The fourth-order valence-electron chi connectivity index (χ4n) is 3.80. The molecule has 162 valence electrons. The second-order valence-corrected chi connectivity index (χ2v) is 7.37. The second-order valence-electron chi connectivity index (χ2n) is 7.37. The third kappa shape index (κ3) is 3.02. The van der Waals surface area contributed by atoms with Crippen molar-refractivity contribution in [2.75, 3.05) is 0 Å². The Hall–Kier alpha value is -3.82. The van der Waals surface area contributed by atoms with Crippen LogP contribution in [0.1, 0.15) is 11.1 Å². The predicted molar refractivity (Wildman–Crippen MR) is 108 cm³/mol. The first kappa shape index (κ1) is 20.1. The molecule has 3 aromatic carbocycles. The van der Waals surface area contributed by atoms with Crippen LogP contribution in [0.3, 0.4) is 0 Å². The summed E-state index contributed by atoms with van der Waals surface area (Å²) < 4.78 is 78.3. The van der Waals surface area contributed by atoms with Gasteiger partial charge < -0.3 is 9.97 Å². The zero-order valence-electron chi connectivity index (χ0n) is 15.7. The van der Waals surface area contributed by atoms with E-state index in [0.29, 0.717) is 0 Å². The molecule has 0 atom stereocenters. The van der Waals surface area contributed by atoms with Crippen molar-refractivity contribution in [1.29, 1.82) is 0 Å². The van der Waals surface area contributed by atoms with Gasteiger partial charge in [0.2, 0.25) is 0 Å². The largest absolute Gasteiger partial charge is 0.416 e. The standard InChI is InChI=1S/C22H10F6N2O2/c23-21(24,25)9-1-3-15-11(5-9)19(31)13-8-18-14(7-17(13)29-15)20(32)12-6-10(22(26,27)28)2-4-16(12)30-18/h1-8H,(H,29,31)(H,30,32). The van der Waals surface area contributed by atoms with Gasteiger partial charge in [0, 0.05) is 32.6 Å². The third-order valence-electron chi connectivity index (χ3n) is 5.37. The highest BCUT2D eigenvalue weighted by atomic mass is 19.4. The summed E-state index contributed by atoms with van der Waals surface area (Å²) in [5.41, 5.74) is -2.69. The molecule has 0 amide bonds. The van der Waals surface area contributed by atoms with E-state index in [1.54, 1.807) is 0 Å². The number of H-pyrrole nitrogens is 2. The van der Waals surface area contributed by atoms with Crippen LogP contribution < -0.4 is 10.9 Å². The Kier molecular flexibility index (Phi) is 3.99. The number of rotatable bonds is 0. The number of nitrogens with one attached hydrogen (secondary N) is 2. The second kappa shape index (κ2) is 6.35. The van der Waals surface area contributed by atoms with E-state index in [9.17, 15) is 35.9 Å². The van der Waals surface area contributed by atoms with Gasteiger partial charge in [0.1, 0.15) is 0 Å². The quantitative estimate of drug-likeness (QED) is 0.235. The molecule has 32 heavy (non-hydrogen) atoms. The van der Waals surface area contributed by atoms with Crippen LogP contribution in [-0.4, -0.2) is 9.97 Å². The summed E-state index contributed by atoms with van der Waals surface area (Å²) in [5.74, 6) is 0. The number of aromatic nitrogens is 2. The lowest BCUT2D eigenvalue weighted by molar-refractivity contribution is -0.138. The van der Waals surface area contributed by atoms with Crippen LogP contribution in [0.2, 0.25) is 0 Å². The van der Waals surface area contributed by atoms with E-state index >= 15 is 0 Å². The number of halogens is 6. The molecule has 0 saturated carbocycles. The minimum absolute atomic E-state index is 0.0336. The topological polar surface area (TPSA) is 65.7 Å². The molecule has 2 heterocycles. The first-order valence-corrected chi connectivity index (χ1v) is 9.17. The molecule has 0 aliphatic heterocycles. The number of benzene rings is 3. The molecule has 5 aromatic rings.